The number of pyridine rings is 1. The molecule has 0 radical (unpaired) electrons. The van der Waals surface area contributed by atoms with E-state index in [-0.39, 0.29) is 11.5 Å². The van der Waals surface area contributed by atoms with Crippen molar-refractivity contribution in [2.24, 2.45) is 7.05 Å². The van der Waals surface area contributed by atoms with Crippen LogP contribution in [-0.2, 0) is 7.05 Å². The number of ether oxygens (including phenoxy) is 1. The van der Waals surface area contributed by atoms with Crippen molar-refractivity contribution >= 4 is 11.6 Å². The molecule has 5 heteroatoms. The Morgan fingerprint density at radius 1 is 1.26 bits per heavy atom. The zero-order valence-electron chi connectivity index (χ0n) is 10.7. The van der Waals surface area contributed by atoms with Gasteiger partial charge in [0.05, 0.1) is 7.11 Å². The fourth-order valence-corrected chi connectivity index (χ4v) is 1.59. The first-order chi connectivity index (χ1) is 9.10. The molecule has 0 saturated carbocycles. The number of carbonyl (C=O) groups is 1. The van der Waals surface area contributed by atoms with Gasteiger partial charge in [0.1, 0.15) is 5.75 Å². The molecule has 0 aliphatic heterocycles. The number of methoxy groups -OCH3 is 1. The summed E-state index contributed by atoms with van der Waals surface area (Å²) in [5.74, 6) is 0.327. The maximum atomic E-state index is 12.0. The summed E-state index contributed by atoms with van der Waals surface area (Å²) in [6, 6.07) is 9.92. The number of benzene rings is 1. The number of hydrogen-bond donors (Lipinski definition) is 1. The molecular formula is C14H14N2O3. The summed E-state index contributed by atoms with van der Waals surface area (Å²) in [6.45, 7) is 0. The summed E-state index contributed by atoms with van der Waals surface area (Å²) in [4.78, 5) is 23.4. The van der Waals surface area contributed by atoms with Gasteiger partial charge in [0.15, 0.2) is 0 Å². The molecule has 0 aliphatic rings. The molecule has 0 saturated heterocycles. The van der Waals surface area contributed by atoms with E-state index in [9.17, 15) is 9.59 Å². The number of nitrogens with one attached hydrogen (secondary N) is 1. The highest BCUT2D eigenvalue weighted by Crippen LogP contribution is 2.17. The van der Waals surface area contributed by atoms with Gasteiger partial charge in [-0.25, -0.2) is 0 Å². The Balaban J connectivity index is 2.20. The molecule has 5 nitrogen and oxygen atoms in total. The SMILES string of the molecule is COc1cccc(NC(=O)c2ccn(C)c(=O)c2)c1. The van der Waals surface area contributed by atoms with Gasteiger partial charge in [-0.1, -0.05) is 6.07 Å². The number of aryl methyl sites for hydroxylation is 1. The largest absolute Gasteiger partial charge is 0.497 e. The first kappa shape index (κ1) is 12.9. The molecule has 98 valence electrons. The minimum Gasteiger partial charge on any atom is -0.497 e. The maximum Gasteiger partial charge on any atom is 0.255 e. The normalized spacial score (nSPS) is 10.0. The summed E-state index contributed by atoms with van der Waals surface area (Å²) in [7, 11) is 3.19. The minimum atomic E-state index is -0.328. The average Bonchev–Trinajstić information content (AvgIpc) is 2.42. The lowest BCUT2D eigenvalue weighted by Crippen LogP contribution is -2.19. The Morgan fingerprint density at radius 3 is 2.74 bits per heavy atom. The van der Waals surface area contributed by atoms with Gasteiger partial charge < -0.3 is 14.6 Å². The van der Waals surface area contributed by atoms with Crippen molar-refractivity contribution in [3.05, 3.63) is 58.5 Å². The molecule has 0 spiro atoms. The van der Waals surface area contributed by atoms with Crippen LogP contribution < -0.4 is 15.6 Å². The number of carbonyl (C=O) groups excluding carboxylic acids is 1. The molecule has 19 heavy (non-hydrogen) atoms. The molecule has 2 rings (SSSR count). The molecule has 2 aromatic rings. The molecule has 0 unspecified atom stereocenters. The maximum absolute atomic E-state index is 12.0. The molecule has 0 fully saturated rings. The number of amides is 1. The van der Waals surface area contributed by atoms with E-state index >= 15 is 0 Å². The van der Waals surface area contributed by atoms with Gasteiger partial charge in [0.25, 0.3) is 11.5 Å². The van der Waals surface area contributed by atoms with Crippen molar-refractivity contribution in [1.82, 2.24) is 4.57 Å². The average molecular weight is 258 g/mol. The number of nitrogens with zero attached hydrogens (tertiary/aromatic N) is 1. The van der Waals surface area contributed by atoms with Gasteiger partial charge in [-0.2, -0.15) is 0 Å². The lowest BCUT2D eigenvalue weighted by molar-refractivity contribution is 0.102. The fourth-order valence-electron chi connectivity index (χ4n) is 1.59. The number of hydrogen-bond acceptors (Lipinski definition) is 3. The minimum absolute atomic E-state index is 0.224. The molecule has 1 aromatic heterocycles. The topological polar surface area (TPSA) is 60.3 Å². The second-order valence-electron chi connectivity index (χ2n) is 4.05. The van der Waals surface area contributed by atoms with Crippen LogP contribution in [0.15, 0.2) is 47.4 Å². The van der Waals surface area contributed by atoms with Crippen molar-refractivity contribution in [2.45, 2.75) is 0 Å². The molecule has 0 aliphatic carbocycles. The van der Waals surface area contributed by atoms with Gasteiger partial charge in [0.2, 0.25) is 0 Å². The predicted octanol–water partition coefficient (Wildman–Crippen LogP) is 1.65. The van der Waals surface area contributed by atoms with Crippen LogP contribution in [0.5, 0.6) is 5.75 Å². The number of aromatic nitrogens is 1. The van der Waals surface area contributed by atoms with Gasteiger partial charge in [-0.3, -0.25) is 9.59 Å². The van der Waals surface area contributed by atoms with Crippen LogP contribution in [0.25, 0.3) is 0 Å². The van der Waals surface area contributed by atoms with Crippen LogP contribution in [0.3, 0.4) is 0 Å². The Bertz CT molecular complexity index is 662. The third kappa shape index (κ3) is 3.01. The Morgan fingerprint density at radius 2 is 2.05 bits per heavy atom. The van der Waals surface area contributed by atoms with E-state index in [1.165, 1.54) is 10.6 Å². The molecular weight excluding hydrogens is 244 g/mol. The predicted molar refractivity (Wildman–Crippen MR) is 72.6 cm³/mol. The van der Waals surface area contributed by atoms with Crippen LogP contribution in [0.4, 0.5) is 5.69 Å². The summed E-state index contributed by atoms with van der Waals surface area (Å²) >= 11 is 0. The summed E-state index contributed by atoms with van der Waals surface area (Å²) in [5, 5.41) is 2.71. The highest BCUT2D eigenvalue weighted by Gasteiger charge is 2.07. The highest BCUT2D eigenvalue weighted by atomic mass is 16.5. The molecule has 0 bridgehead atoms. The first-order valence-corrected chi connectivity index (χ1v) is 5.72. The van der Waals surface area contributed by atoms with E-state index in [2.05, 4.69) is 5.32 Å². The van der Waals surface area contributed by atoms with E-state index < -0.39 is 0 Å². The molecule has 1 aromatic carbocycles. The zero-order chi connectivity index (χ0) is 13.8. The van der Waals surface area contributed by atoms with Gasteiger partial charge in [-0.15, -0.1) is 0 Å². The van der Waals surface area contributed by atoms with Crippen LogP contribution in [0.2, 0.25) is 0 Å². The van der Waals surface area contributed by atoms with Crippen molar-refractivity contribution in [2.75, 3.05) is 12.4 Å². The van der Waals surface area contributed by atoms with Crippen molar-refractivity contribution in [3.63, 3.8) is 0 Å². The van der Waals surface area contributed by atoms with Crippen molar-refractivity contribution in [3.8, 4) is 5.75 Å². The van der Waals surface area contributed by atoms with Crippen LogP contribution in [0, 0.1) is 0 Å². The molecule has 1 heterocycles. The number of anilines is 1. The van der Waals surface area contributed by atoms with Gasteiger partial charge in [-0.05, 0) is 18.2 Å². The van der Waals surface area contributed by atoms with Gasteiger partial charge >= 0.3 is 0 Å². The Hall–Kier alpha value is -2.56. The van der Waals surface area contributed by atoms with Crippen LogP contribution in [-0.4, -0.2) is 17.6 Å². The number of rotatable bonds is 3. The Kier molecular flexibility index (Phi) is 3.66. The van der Waals surface area contributed by atoms with Gasteiger partial charge in [0, 0.05) is 36.6 Å². The molecule has 0 atom stereocenters. The smallest absolute Gasteiger partial charge is 0.255 e. The quantitative estimate of drug-likeness (QED) is 0.910. The molecule has 1 amide bonds. The van der Waals surface area contributed by atoms with Crippen LogP contribution >= 0.6 is 0 Å². The van der Waals surface area contributed by atoms with Crippen LogP contribution in [0.1, 0.15) is 10.4 Å². The van der Waals surface area contributed by atoms with E-state index in [0.29, 0.717) is 17.0 Å². The van der Waals surface area contributed by atoms with Crippen molar-refractivity contribution < 1.29 is 9.53 Å². The monoisotopic (exact) mass is 258 g/mol. The fraction of sp³-hybridized carbons (Fsp3) is 0.143. The lowest BCUT2D eigenvalue weighted by atomic mass is 10.2. The van der Waals surface area contributed by atoms with E-state index in [1.807, 2.05) is 0 Å². The summed E-state index contributed by atoms with van der Waals surface area (Å²) < 4.78 is 6.48. The van der Waals surface area contributed by atoms with Crippen molar-refractivity contribution in [1.29, 1.82) is 0 Å². The third-order valence-electron chi connectivity index (χ3n) is 2.69. The summed E-state index contributed by atoms with van der Waals surface area (Å²) in [6.07, 6.45) is 1.56. The second-order valence-corrected chi connectivity index (χ2v) is 4.05. The lowest BCUT2D eigenvalue weighted by Gasteiger charge is -2.07. The van der Waals surface area contributed by atoms with E-state index in [0.717, 1.165) is 0 Å². The van der Waals surface area contributed by atoms with E-state index in [1.54, 1.807) is 50.7 Å². The first-order valence-electron chi connectivity index (χ1n) is 5.72. The van der Waals surface area contributed by atoms with E-state index in [4.69, 9.17) is 4.74 Å². The molecule has 1 N–H and O–H groups in total. The summed E-state index contributed by atoms with van der Waals surface area (Å²) in [5.41, 5.74) is 0.717. The highest BCUT2D eigenvalue weighted by molar-refractivity contribution is 6.04. The second kappa shape index (κ2) is 5.39. The zero-order valence-corrected chi connectivity index (χ0v) is 10.7. The Labute approximate surface area is 110 Å². The standard InChI is InChI=1S/C14H14N2O3/c1-16-7-6-10(8-13(16)17)14(18)15-11-4-3-5-12(9-11)19-2/h3-9H,1-2H3,(H,15,18). The third-order valence-corrected chi connectivity index (χ3v) is 2.69.